The molecule has 0 fully saturated rings. The second-order valence-electron chi connectivity index (χ2n) is 5.82. The van der Waals surface area contributed by atoms with E-state index < -0.39 is 6.61 Å². The maximum Gasteiger partial charge on any atom is 0.387 e. The van der Waals surface area contributed by atoms with Crippen molar-refractivity contribution in [2.75, 3.05) is 13.7 Å². The maximum absolute atomic E-state index is 12.9. The second-order valence-corrected chi connectivity index (χ2v) is 7.20. The van der Waals surface area contributed by atoms with E-state index in [0.29, 0.717) is 40.0 Å². The summed E-state index contributed by atoms with van der Waals surface area (Å²) in [5.41, 5.74) is 1.08. The first-order valence-electron chi connectivity index (χ1n) is 8.33. The van der Waals surface area contributed by atoms with Crippen molar-refractivity contribution in [1.29, 1.82) is 0 Å². The van der Waals surface area contributed by atoms with Gasteiger partial charge in [0.1, 0.15) is 5.75 Å². The topological polar surface area (TPSA) is 53.4 Å². The standard InChI is InChI=1S/C19H17ClF2N2O3S/c1-26-8-7-24-17(25)15-6-5-13(20)10-16(15)23-19(24)28-11-12-3-2-4-14(9-12)27-18(21)22/h2-6,9-10,18H,7-8,11H2,1H3. The van der Waals surface area contributed by atoms with Crippen LogP contribution in [0.3, 0.4) is 0 Å². The minimum absolute atomic E-state index is 0.0862. The van der Waals surface area contributed by atoms with E-state index in [1.54, 1.807) is 42.0 Å². The Morgan fingerprint density at radius 3 is 2.82 bits per heavy atom. The fourth-order valence-electron chi connectivity index (χ4n) is 2.62. The third-order valence-electron chi connectivity index (χ3n) is 3.89. The van der Waals surface area contributed by atoms with Crippen molar-refractivity contribution in [1.82, 2.24) is 9.55 Å². The second kappa shape index (κ2) is 9.36. The molecule has 0 unspecified atom stereocenters. The lowest BCUT2D eigenvalue weighted by atomic mass is 10.2. The highest BCUT2D eigenvalue weighted by molar-refractivity contribution is 7.98. The number of halogens is 3. The Morgan fingerprint density at radius 1 is 1.25 bits per heavy atom. The summed E-state index contributed by atoms with van der Waals surface area (Å²) < 4.78 is 35.9. The van der Waals surface area contributed by atoms with Crippen LogP contribution in [0.1, 0.15) is 5.56 Å². The van der Waals surface area contributed by atoms with Gasteiger partial charge in [-0.15, -0.1) is 0 Å². The normalized spacial score (nSPS) is 11.3. The molecule has 28 heavy (non-hydrogen) atoms. The highest BCUT2D eigenvalue weighted by atomic mass is 35.5. The van der Waals surface area contributed by atoms with E-state index in [2.05, 4.69) is 9.72 Å². The summed E-state index contributed by atoms with van der Waals surface area (Å²) >= 11 is 7.35. The van der Waals surface area contributed by atoms with Crippen molar-refractivity contribution in [3.8, 4) is 5.75 Å². The number of aromatic nitrogens is 2. The summed E-state index contributed by atoms with van der Waals surface area (Å²) in [5.74, 6) is 0.509. The Hall–Kier alpha value is -2.16. The number of benzene rings is 2. The Bertz CT molecular complexity index is 1030. The van der Waals surface area contributed by atoms with Crippen LogP contribution >= 0.6 is 23.4 Å². The van der Waals surface area contributed by atoms with E-state index in [1.807, 2.05) is 0 Å². The molecule has 0 bridgehead atoms. The van der Waals surface area contributed by atoms with Gasteiger partial charge in [0.05, 0.1) is 24.1 Å². The van der Waals surface area contributed by atoms with Crippen LogP contribution in [0.4, 0.5) is 8.78 Å². The van der Waals surface area contributed by atoms with Crippen LogP contribution in [0, 0.1) is 0 Å². The molecule has 0 N–H and O–H groups in total. The van der Waals surface area contributed by atoms with E-state index in [9.17, 15) is 13.6 Å². The van der Waals surface area contributed by atoms with Gasteiger partial charge in [-0.2, -0.15) is 8.78 Å². The van der Waals surface area contributed by atoms with E-state index in [0.717, 1.165) is 5.56 Å². The van der Waals surface area contributed by atoms with Gasteiger partial charge in [-0.1, -0.05) is 35.5 Å². The predicted octanol–water partition coefficient (Wildman–Crippen LogP) is 4.59. The fourth-order valence-corrected chi connectivity index (χ4v) is 3.76. The van der Waals surface area contributed by atoms with Crippen molar-refractivity contribution in [2.24, 2.45) is 0 Å². The molecule has 1 heterocycles. The van der Waals surface area contributed by atoms with E-state index in [1.165, 1.54) is 23.9 Å². The van der Waals surface area contributed by atoms with Crippen LogP contribution in [0.15, 0.2) is 52.4 Å². The van der Waals surface area contributed by atoms with Gasteiger partial charge in [0.2, 0.25) is 0 Å². The summed E-state index contributed by atoms with van der Waals surface area (Å²) in [7, 11) is 1.56. The van der Waals surface area contributed by atoms with Gasteiger partial charge in [-0.05, 0) is 35.9 Å². The smallest absolute Gasteiger partial charge is 0.387 e. The van der Waals surface area contributed by atoms with Crippen molar-refractivity contribution < 1.29 is 18.3 Å². The molecule has 0 radical (unpaired) electrons. The van der Waals surface area contributed by atoms with Crippen molar-refractivity contribution >= 4 is 34.3 Å². The summed E-state index contributed by atoms with van der Waals surface area (Å²) in [6, 6.07) is 11.4. The highest BCUT2D eigenvalue weighted by Gasteiger charge is 2.13. The monoisotopic (exact) mass is 426 g/mol. The Balaban J connectivity index is 1.91. The van der Waals surface area contributed by atoms with Crippen LogP contribution in [0.5, 0.6) is 5.75 Å². The highest BCUT2D eigenvalue weighted by Crippen LogP contribution is 2.25. The third kappa shape index (κ3) is 5.01. The van der Waals surface area contributed by atoms with Crippen LogP contribution in [-0.4, -0.2) is 29.9 Å². The zero-order valence-corrected chi connectivity index (χ0v) is 16.5. The average molecular weight is 427 g/mol. The van der Waals surface area contributed by atoms with Crippen LogP contribution in [-0.2, 0) is 17.0 Å². The average Bonchev–Trinajstić information content (AvgIpc) is 2.65. The number of methoxy groups -OCH3 is 1. The summed E-state index contributed by atoms with van der Waals surface area (Å²) in [4.78, 5) is 17.4. The molecule has 0 aliphatic heterocycles. The van der Waals surface area contributed by atoms with Crippen LogP contribution < -0.4 is 10.3 Å². The lowest BCUT2D eigenvalue weighted by molar-refractivity contribution is -0.0498. The number of alkyl halides is 2. The first-order valence-corrected chi connectivity index (χ1v) is 9.70. The van der Waals surface area contributed by atoms with Crippen molar-refractivity contribution in [2.45, 2.75) is 24.1 Å². The molecule has 5 nitrogen and oxygen atoms in total. The Labute approximate surface area is 169 Å². The molecule has 0 aliphatic carbocycles. The first-order chi connectivity index (χ1) is 13.5. The molecule has 148 valence electrons. The lowest BCUT2D eigenvalue weighted by Crippen LogP contribution is -2.25. The number of fused-ring (bicyclic) bond motifs is 1. The van der Waals surface area contributed by atoms with Crippen LogP contribution in [0.25, 0.3) is 10.9 Å². The largest absolute Gasteiger partial charge is 0.435 e. The molecule has 0 spiro atoms. The van der Waals surface area contributed by atoms with Crippen molar-refractivity contribution in [3.05, 3.63) is 63.4 Å². The Kier molecular flexibility index (Phi) is 6.88. The fraction of sp³-hybridized carbons (Fsp3) is 0.263. The van der Waals surface area contributed by atoms with Crippen LogP contribution in [0.2, 0.25) is 5.02 Å². The summed E-state index contributed by atoms with van der Waals surface area (Å²) in [5, 5.41) is 1.45. The van der Waals surface area contributed by atoms with Gasteiger partial charge < -0.3 is 9.47 Å². The number of ether oxygens (including phenoxy) is 2. The minimum Gasteiger partial charge on any atom is -0.435 e. The lowest BCUT2D eigenvalue weighted by Gasteiger charge is -2.13. The molecule has 0 atom stereocenters. The van der Waals surface area contributed by atoms with Gasteiger partial charge in [-0.25, -0.2) is 4.98 Å². The molecular formula is C19H17ClF2N2O3S. The van der Waals surface area contributed by atoms with Gasteiger partial charge >= 0.3 is 6.61 Å². The molecule has 3 aromatic rings. The van der Waals surface area contributed by atoms with E-state index in [4.69, 9.17) is 16.3 Å². The molecule has 0 aliphatic rings. The Morgan fingerprint density at radius 2 is 2.07 bits per heavy atom. The molecule has 2 aromatic carbocycles. The van der Waals surface area contributed by atoms with Gasteiger partial charge in [0.25, 0.3) is 5.56 Å². The number of hydrogen-bond acceptors (Lipinski definition) is 5. The third-order valence-corrected chi connectivity index (χ3v) is 5.18. The van der Waals surface area contributed by atoms with Gasteiger partial charge in [-0.3, -0.25) is 9.36 Å². The SMILES string of the molecule is COCCn1c(SCc2cccc(OC(F)F)c2)nc2cc(Cl)ccc2c1=O. The summed E-state index contributed by atoms with van der Waals surface area (Å²) in [6.45, 7) is -2.18. The summed E-state index contributed by atoms with van der Waals surface area (Å²) in [6.07, 6.45) is 0. The molecule has 1 aromatic heterocycles. The number of nitrogens with zero attached hydrogens (tertiary/aromatic N) is 2. The van der Waals surface area contributed by atoms with E-state index >= 15 is 0 Å². The van der Waals surface area contributed by atoms with Gasteiger partial charge in [0, 0.05) is 17.9 Å². The maximum atomic E-state index is 12.9. The molecule has 0 amide bonds. The zero-order valence-electron chi connectivity index (χ0n) is 14.9. The number of thioether (sulfide) groups is 1. The predicted molar refractivity (Wildman–Crippen MR) is 106 cm³/mol. The first kappa shape index (κ1) is 20.6. The number of hydrogen-bond donors (Lipinski definition) is 0. The minimum atomic E-state index is -2.88. The van der Waals surface area contributed by atoms with E-state index in [-0.39, 0.29) is 11.3 Å². The van der Waals surface area contributed by atoms with Gasteiger partial charge in [0.15, 0.2) is 5.16 Å². The molecule has 3 rings (SSSR count). The molecule has 0 saturated carbocycles. The molecule has 9 heteroatoms. The number of rotatable bonds is 8. The quantitative estimate of drug-likeness (QED) is 0.389. The molecule has 0 saturated heterocycles. The van der Waals surface area contributed by atoms with Crippen molar-refractivity contribution in [3.63, 3.8) is 0 Å². The molecular weight excluding hydrogens is 410 g/mol. The zero-order chi connectivity index (χ0) is 20.1.